The molecule has 2 heterocycles. The summed E-state index contributed by atoms with van der Waals surface area (Å²) >= 11 is 0. The molecule has 5 nitrogen and oxygen atoms in total. The first kappa shape index (κ1) is 8.12. The number of carboxylic acids is 1. The van der Waals surface area contributed by atoms with E-state index in [0.29, 0.717) is 12.2 Å². The molecule has 0 fully saturated rings. The van der Waals surface area contributed by atoms with Crippen LogP contribution in [0.5, 0.6) is 0 Å². The Labute approximate surface area is 74.8 Å². The zero-order valence-corrected chi connectivity index (χ0v) is 6.90. The highest BCUT2D eigenvalue weighted by Gasteiger charge is 2.26. The van der Waals surface area contributed by atoms with Gasteiger partial charge in [0.25, 0.3) is 0 Å². The Bertz CT molecular complexity index is 340. The summed E-state index contributed by atoms with van der Waals surface area (Å²) in [7, 11) is 0. The van der Waals surface area contributed by atoms with Gasteiger partial charge in [-0.25, -0.2) is 9.97 Å². The highest BCUT2D eigenvalue weighted by molar-refractivity contribution is 5.75. The van der Waals surface area contributed by atoms with Crippen molar-refractivity contribution in [2.24, 2.45) is 0 Å². The van der Waals surface area contributed by atoms with Gasteiger partial charge in [0.15, 0.2) is 0 Å². The quantitative estimate of drug-likeness (QED) is 0.621. The second-order valence-corrected chi connectivity index (χ2v) is 2.91. The molecule has 0 bridgehead atoms. The minimum Gasteiger partial charge on any atom is -0.480 e. The summed E-state index contributed by atoms with van der Waals surface area (Å²) < 4.78 is 0. The lowest BCUT2D eigenvalue weighted by Gasteiger charge is -2.21. The van der Waals surface area contributed by atoms with E-state index in [4.69, 9.17) is 5.11 Å². The number of aromatic nitrogens is 2. The summed E-state index contributed by atoms with van der Waals surface area (Å²) in [5.41, 5.74) is 1.52. The fourth-order valence-corrected chi connectivity index (χ4v) is 1.47. The fraction of sp³-hybridized carbons (Fsp3) is 0.375. The SMILES string of the molecule is O=C(O)C1NCCc2cncnc21. The van der Waals surface area contributed by atoms with E-state index in [1.54, 1.807) is 6.20 Å². The number of hydrogen-bond acceptors (Lipinski definition) is 4. The van der Waals surface area contributed by atoms with Crippen LogP contribution in [-0.4, -0.2) is 27.6 Å². The van der Waals surface area contributed by atoms with Gasteiger partial charge in [-0.05, 0) is 12.0 Å². The Morgan fingerprint density at radius 2 is 2.54 bits per heavy atom. The molecule has 1 unspecified atom stereocenters. The minimum atomic E-state index is -0.889. The summed E-state index contributed by atoms with van der Waals surface area (Å²) in [6.07, 6.45) is 3.85. The van der Waals surface area contributed by atoms with E-state index in [0.717, 1.165) is 12.0 Å². The molecule has 2 N–H and O–H groups in total. The topological polar surface area (TPSA) is 75.1 Å². The molecule has 2 rings (SSSR count). The van der Waals surface area contributed by atoms with Crippen molar-refractivity contribution in [2.45, 2.75) is 12.5 Å². The molecule has 0 radical (unpaired) electrons. The van der Waals surface area contributed by atoms with E-state index < -0.39 is 12.0 Å². The molecule has 1 aromatic heterocycles. The number of rotatable bonds is 1. The van der Waals surface area contributed by atoms with Gasteiger partial charge in [-0.2, -0.15) is 0 Å². The number of aliphatic carboxylic acids is 1. The standard InChI is InChI=1S/C8H9N3O2/c12-8(13)7-6-5(1-2-10-7)3-9-4-11-6/h3-4,7,10H,1-2H2,(H,12,13). The van der Waals surface area contributed by atoms with Crippen LogP contribution in [-0.2, 0) is 11.2 Å². The van der Waals surface area contributed by atoms with Crippen molar-refractivity contribution in [3.8, 4) is 0 Å². The van der Waals surface area contributed by atoms with Crippen LogP contribution in [0.4, 0.5) is 0 Å². The molecule has 0 saturated heterocycles. The van der Waals surface area contributed by atoms with Crippen LogP contribution in [0, 0.1) is 0 Å². The van der Waals surface area contributed by atoms with Gasteiger partial charge in [-0.1, -0.05) is 0 Å². The van der Waals surface area contributed by atoms with E-state index in [-0.39, 0.29) is 0 Å². The van der Waals surface area contributed by atoms with Gasteiger partial charge in [-0.3, -0.25) is 10.1 Å². The Kier molecular flexibility index (Phi) is 1.94. The number of carboxylic acid groups (broad SMARTS) is 1. The van der Waals surface area contributed by atoms with E-state index in [2.05, 4.69) is 15.3 Å². The smallest absolute Gasteiger partial charge is 0.326 e. The first-order valence-corrected chi connectivity index (χ1v) is 4.04. The molecule has 68 valence electrons. The highest BCUT2D eigenvalue weighted by Crippen LogP contribution is 2.18. The van der Waals surface area contributed by atoms with Crippen LogP contribution in [0.3, 0.4) is 0 Å². The largest absolute Gasteiger partial charge is 0.480 e. The van der Waals surface area contributed by atoms with Gasteiger partial charge in [0, 0.05) is 12.7 Å². The van der Waals surface area contributed by atoms with Crippen LogP contribution in [0.25, 0.3) is 0 Å². The lowest BCUT2D eigenvalue weighted by molar-refractivity contribution is -0.139. The lowest BCUT2D eigenvalue weighted by Crippen LogP contribution is -2.35. The average Bonchev–Trinajstić information content (AvgIpc) is 2.17. The molecule has 5 heteroatoms. The van der Waals surface area contributed by atoms with E-state index in [1.165, 1.54) is 6.33 Å². The van der Waals surface area contributed by atoms with Crippen molar-refractivity contribution >= 4 is 5.97 Å². The van der Waals surface area contributed by atoms with Gasteiger partial charge in [0.2, 0.25) is 0 Å². The van der Waals surface area contributed by atoms with Crippen LogP contribution in [0.1, 0.15) is 17.3 Å². The molecule has 0 aromatic carbocycles. The summed E-state index contributed by atoms with van der Waals surface area (Å²) in [5, 5.41) is 11.7. The third kappa shape index (κ3) is 1.38. The molecule has 0 saturated carbocycles. The van der Waals surface area contributed by atoms with Crippen molar-refractivity contribution in [3.05, 3.63) is 23.8 Å². The number of nitrogens with one attached hydrogen (secondary N) is 1. The van der Waals surface area contributed by atoms with Gasteiger partial charge < -0.3 is 5.11 Å². The van der Waals surface area contributed by atoms with E-state index in [1.807, 2.05) is 0 Å². The van der Waals surface area contributed by atoms with E-state index >= 15 is 0 Å². The maximum atomic E-state index is 10.8. The zero-order chi connectivity index (χ0) is 9.26. The second kappa shape index (κ2) is 3.10. The summed E-state index contributed by atoms with van der Waals surface area (Å²) in [4.78, 5) is 18.6. The second-order valence-electron chi connectivity index (χ2n) is 2.91. The number of fused-ring (bicyclic) bond motifs is 1. The van der Waals surface area contributed by atoms with Crippen LogP contribution >= 0.6 is 0 Å². The first-order chi connectivity index (χ1) is 6.29. The van der Waals surface area contributed by atoms with Crippen molar-refractivity contribution in [2.75, 3.05) is 6.54 Å². The predicted molar refractivity (Wildman–Crippen MR) is 44.1 cm³/mol. The molecule has 13 heavy (non-hydrogen) atoms. The minimum absolute atomic E-state index is 0.591. The number of carbonyl (C=O) groups is 1. The summed E-state index contributed by atoms with van der Waals surface area (Å²) in [6, 6.07) is -0.674. The van der Waals surface area contributed by atoms with Gasteiger partial charge in [0.05, 0.1) is 5.69 Å². The van der Waals surface area contributed by atoms with Gasteiger partial charge in [0.1, 0.15) is 12.4 Å². The highest BCUT2D eigenvalue weighted by atomic mass is 16.4. The normalized spacial score (nSPS) is 20.8. The molecule has 1 aliphatic rings. The van der Waals surface area contributed by atoms with Gasteiger partial charge >= 0.3 is 5.97 Å². The molecule has 1 aliphatic heterocycles. The summed E-state index contributed by atoms with van der Waals surface area (Å²) in [5.74, 6) is -0.889. The van der Waals surface area contributed by atoms with Crippen LogP contribution < -0.4 is 5.32 Å². The van der Waals surface area contributed by atoms with Crippen LogP contribution in [0.15, 0.2) is 12.5 Å². The maximum absolute atomic E-state index is 10.8. The van der Waals surface area contributed by atoms with Crippen molar-refractivity contribution < 1.29 is 9.90 Å². The fourth-order valence-electron chi connectivity index (χ4n) is 1.47. The Hall–Kier alpha value is -1.49. The first-order valence-electron chi connectivity index (χ1n) is 4.04. The number of hydrogen-bond donors (Lipinski definition) is 2. The Morgan fingerprint density at radius 1 is 1.69 bits per heavy atom. The Balaban J connectivity index is 2.42. The molecule has 0 spiro atoms. The Morgan fingerprint density at radius 3 is 3.31 bits per heavy atom. The number of nitrogens with zero attached hydrogens (tertiary/aromatic N) is 2. The monoisotopic (exact) mass is 179 g/mol. The third-order valence-corrected chi connectivity index (χ3v) is 2.09. The summed E-state index contributed by atoms with van der Waals surface area (Å²) in [6.45, 7) is 0.664. The molecule has 1 atom stereocenters. The van der Waals surface area contributed by atoms with Crippen LogP contribution in [0.2, 0.25) is 0 Å². The van der Waals surface area contributed by atoms with Crippen molar-refractivity contribution in [1.29, 1.82) is 0 Å². The lowest BCUT2D eigenvalue weighted by atomic mass is 10.0. The molecular weight excluding hydrogens is 170 g/mol. The van der Waals surface area contributed by atoms with Gasteiger partial charge in [-0.15, -0.1) is 0 Å². The van der Waals surface area contributed by atoms with E-state index in [9.17, 15) is 4.79 Å². The molecule has 0 aliphatic carbocycles. The predicted octanol–water partition coefficient (Wildman–Crippen LogP) is -0.252. The van der Waals surface area contributed by atoms with Crippen molar-refractivity contribution in [1.82, 2.24) is 15.3 Å². The molecular formula is C8H9N3O2. The molecule has 1 aromatic rings. The van der Waals surface area contributed by atoms with Crippen molar-refractivity contribution in [3.63, 3.8) is 0 Å². The average molecular weight is 179 g/mol. The molecule has 0 amide bonds. The maximum Gasteiger partial charge on any atom is 0.326 e. The third-order valence-electron chi connectivity index (χ3n) is 2.09. The zero-order valence-electron chi connectivity index (χ0n) is 6.90.